The number of nitrogen functional groups attached to an aromatic ring is 1. The predicted molar refractivity (Wildman–Crippen MR) is 75.7 cm³/mol. The van der Waals surface area contributed by atoms with Crippen LogP contribution in [0, 0.1) is 0 Å². The molecule has 112 valence electrons. The number of rotatable bonds is 3. The van der Waals surface area contributed by atoms with E-state index in [4.69, 9.17) is 10.5 Å². The fourth-order valence-corrected chi connectivity index (χ4v) is 2.29. The van der Waals surface area contributed by atoms with E-state index in [1.165, 1.54) is 18.1 Å². The number of hydrogen-bond donors (Lipinski definition) is 2. The van der Waals surface area contributed by atoms with Gasteiger partial charge in [-0.15, -0.1) is 0 Å². The van der Waals surface area contributed by atoms with E-state index in [0.717, 1.165) is 0 Å². The number of amides is 3. The van der Waals surface area contributed by atoms with Crippen LogP contribution >= 0.6 is 0 Å². The number of carbonyl (C=O) groups is 3. The van der Waals surface area contributed by atoms with Gasteiger partial charge in [0.05, 0.1) is 12.7 Å². The lowest BCUT2D eigenvalue weighted by Gasteiger charge is -2.33. The van der Waals surface area contributed by atoms with Crippen molar-refractivity contribution in [1.29, 1.82) is 0 Å². The van der Waals surface area contributed by atoms with Gasteiger partial charge < -0.3 is 15.4 Å². The first-order valence-corrected chi connectivity index (χ1v) is 6.56. The molecule has 1 unspecified atom stereocenters. The first-order chi connectivity index (χ1) is 9.97. The van der Waals surface area contributed by atoms with Gasteiger partial charge in [-0.2, -0.15) is 0 Å². The molecule has 3 amide bonds. The van der Waals surface area contributed by atoms with E-state index in [2.05, 4.69) is 5.32 Å². The van der Waals surface area contributed by atoms with E-state index in [9.17, 15) is 14.4 Å². The Hall–Kier alpha value is -2.57. The number of nitrogens with zero attached hydrogens (tertiary/aromatic N) is 1. The molecule has 1 atom stereocenters. The smallest absolute Gasteiger partial charge is 0.257 e. The zero-order chi connectivity index (χ0) is 15.6. The predicted octanol–water partition coefficient (Wildman–Crippen LogP) is 0.155. The third-order valence-corrected chi connectivity index (χ3v) is 3.39. The van der Waals surface area contributed by atoms with Gasteiger partial charge in [-0.1, -0.05) is 6.92 Å². The average Bonchev–Trinajstić information content (AvgIpc) is 2.46. The summed E-state index contributed by atoms with van der Waals surface area (Å²) in [5, 5.41) is 2.23. The van der Waals surface area contributed by atoms with Crippen LogP contribution in [0.1, 0.15) is 23.7 Å². The van der Waals surface area contributed by atoms with Gasteiger partial charge in [-0.05, 0) is 24.6 Å². The van der Waals surface area contributed by atoms with Crippen molar-refractivity contribution in [2.75, 3.05) is 19.4 Å². The summed E-state index contributed by atoms with van der Waals surface area (Å²) in [6.07, 6.45) is 0.411. The normalized spacial score (nSPS) is 18.4. The molecule has 0 spiro atoms. The molecule has 1 aromatic carbocycles. The van der Waals surface area contributed by atoms with Crippen molar-refractivity contribution in [3.05, 3.63) is 23.8 Å². The van der Waals surface area contributed by atoms with Crippen LogP contribution in [0.25, 0.3) is 0 Å². The number of carbonyl (C=O) groups excluding carboxylic acids is 3. The van der Waals surface area contributed by atoms with Crippen molar-refractivity contribution in [2.24, 2.45) is 0 Å². The topological polar surface area (TPSA) is 102 Å². The van der Waals surface area contributed by atoms with Crippen molar-refractivity contribution in [3.8, 4) is 5.75 Å². The molecule has 1 saturated heterocycles. The highest BCUT2D eigenvalue weighted by molar-refractivity contribution is 6.08. The highest BCUT2D eigenvalue weighted by atomic mass is 16.5. The maximum absolute atomic E-state index is 12.6. The number of imide groups is 1. The van der Waals surface area contributed by atoms with E-state index >= 15 is 0 Å². The second-order valence-corrected chi connectivity index (χ2v) is 4.72. The van der Waals surface area contributed by atoms with Crippen molar-refractivity contribution < 1.29 is 19.1 Å². The van der Waals surface area contributed by atoms with Gasteiger partial charge in [0, 0.05) is 5.69 Å². The fourth-order valence-electron chi connectivity index (χ4n) is 2.29. The van der Waals surface area contributed by atoms with Crippen LogP contribution in [0.3, 0.4) is 0 Å². The van der Waals surface area contributed by atoms with Gasteiger partial charge in [-0.25, -0.2) is 0 Å². The lowest BCUT2D eigenvalue weighted by atomic mass is 10.1. The van der Waals surface area contributed by atoms with Crippen LogP contribution in [0.15, 0.2) is 18.2 Å². The second-order valence-electron chi connectivity index (χ2n) is 4.72. The van der Waals surface area contributed by atoms with Crippen LogP contribution in [0.5, 0.6) is 5.75 Å². The second kappa shape index (κ2) is 5.82. The molecule has 7 nitrogen and oxygen atoms in total. The molecular weight excluding hydrogens is 274 g/mol. The monoisotopic (exact) mass is 291 g/mol. The van der Waals surface area contributed by atoms with E-state index in [0.29, 0.717) is 12.2 Å². The minimum absolute atomic E-state index is 0.167. The number of hydrogen-bond acceptors (Lipinski definition) is 5. The van der Waals surface area contributed by atoms with Crippen molar-refractivity contribution in [1.82, 2.24) is 10.2 Å². The van der Waals surface area contributed by atoms with Gasteiger partial charge in [0.1, 0.15) is 18.3 Å². The minimum Gasteiger partial charge on any atom is -0.497 e. The Bertz CT molecular complexity index is 600. The standard InChI is InChI=1S/C14H17N3O4/c1-3-11-13(19)16-12(18)7-17(11)14(20)9-6-8(21-2)4-5-10(9)15/h4-6,11H,3,7,15H2,1-2H3,(H,16,18,19). The third-order valence-electron chi connectivity index (χ3n) is 3.39. The summed E-state index contributed by atoms with van der Waals surface area (Å²) in [6.45, 7) is 1.61. The first kappa shape index (κ1) is 14.8. The molecular formula is C14H17N3O4. The summed E-state index contributed by atoms with van der Waals surface area (Å²) >= 11 is 0. The number of nitrogens with two attached hydrogens (primary N) is 1. The van der Waals surface area contributed by atoms with E-state index < -0.39 is 23.8 Å². The zero-order valence-corrected chi connectivity index (χ0v) is 11.9. The van der Waals surface area contributed by atoms with Gasteiger partial charge in [-0.3, -0.25) is 19.7 Å². The minimum atomic E-state index is -0.680. The summed E-state index contributed by atoms with van der Waals surface area (Å²) in [7, 11) is 1.48. The highest BCUT2D eigenvalue weighted by Gasteiger charge is 2.36. The average molecular weight is 291 g/mol. The number of benzene rings is 1. The van der Waals surface area contributed by atoms with Crippen LogP contribution in [-0.2, 0) is 9.59 Å². The van der Waals surface area contributed by atoms with Crippen LogP contribution in [0.2, 0.25) is 0 Å². The summed E-state index contributed by atoms with van der Waals surface area (Å²) in [5.74, 6) is -0.946. The molecule has 1 aliphatic heterocycles. The third kappa shape index (κ3) is 2.81. The molecule has 1 aromatic rings. The lowest BCUT2D eigenvalue weighted by Crippen LogP contribution is -2.59. The largest absolute Gasteiger partial charge is 0.497 e. The van der Waals surface area contributed by atoms with E-state index in [1.54, 1.807) is 19.1 Å². The number of methoxy groups -OCH3 is 1. The maximum atomic E-state index is 12.6. The summed E-state index contributed by atoms with van der Waals surface area (Å²) in [5.41, 5.74) is 6.31. The Kier molecular flexibility index (Phi) is 4.11. The molecule has 21 heavy (non-hydrogen) atoms. The molecule has 1 aliphatic rings. The summed E-state index contributed by atoms with van der Waals surface area (Å²) in [4.78, 5) is 37.2. The van der Waals surface area contributed by atoms with Gasteiger partial charge in [0.15, 0.2) is 0 Å². The Morgan fingerprint density at radius 1 is 1.48 bits per heavy atom. The van der Waals surface area contributed by atoms with Crippen molar-refractivity contribution in [2.45, 2.75) is 19.4 Å². The van der Waals surface area contributed by atoms with Gasteiger partial charge >= 0.3 is 0 Å². The molecule has 7 heteroatoms. The SMILES string of the molecule is CCC1C(=O)NC(=O)CN1C(=O)c1cc(OC)ccc1N. The van der Waals surface area contributed by atoms with Gasteiger partial charge in [0.2, 0.25) is 11.8 Å². The number of nitrogens with one attached hydrogen (secondary N) is 1. The summed E-state index contributed by atoms with van der Waals surface area (Å²) in [6, 6.07) is 4.01. The van der Waals surface area contributed by atoms with Crippen LogP contribution < -0.4 is 15.8 Å². The van der Waals surface area contributed by atoms with E-state index in [1.807, 2.05) is 0 Å². The van der Waals surface area contributed by atoms with Crippen molar-refractivity contribution >= 4 is 23.4 Å². The van der Waals surface area contributed by atoms with Gasteiger partial charge in [0.25, 0.3) is 5.91 Å². The molecule has 1 heterocycles. The van der Waals surface area contributed by atoms with Crippen LogP contribution in [0.4, 0.5) is 5.69 Å². The van der Waals surface area contributed by atoms with Crippen LogP contribution in [-0.4, -0.2) is 42.3 Å². The first-order valence-electron chi connectivity index (χ1n) is 6.56. The molecule has 0 radical (unpaired) electrons. The Labute approximate surface area is 122 Å². The van der Waals surface area contributed by atoms with Crippen molar-refractivity contribution in [3.63, 3.8) is 0 Å². The Balaban J connectivity index is 2.37. The highest BCUT2D eigenvalue weighted by Crippen LogP contribution is 2.23. The number of piperazine rings is 1. The molecule has 0 aromatic heterocycles. The molecule has 3 N–H and O–H groups in total. The fraction of sp³-hybridized carbons (Fsp3) is 0.357. The lowest BCUT2D eigenvalue weighted by molar-refractivity contribution is -0.138. The Morgan fingerprint density at radius 3 is 2.81 bits per heavy atom. The molecule has 0 aliphatic carbocycles. The molecule has 2 rings (SSSR count). The molecule has 0 bridgehead atoms. The summed E-state index contributed by atoms with van der Waals surface area (Å²) < 4.78 is 5.07. The molecule has 1 fully saturated rings. The number of anilines is 1. The van der Waals surface area contributed by atoms with E-state index in [-0.39, 0.29) is 17.8 Å². The maximum Gasteiger partial charge on any atom is 0.257 e. The molecule has 0 saturated carbocycles. The Morgan fingerprint density at radius 2 is 2.19 bits per heavy atom. The number of ether oxygens (including phenoxy) is 1. The quantitative estimate of drug-likeness (QED) is 0.610. The zero-order valence-electron chi connectivity index (χ0n) is 11.9.